The summed E-state index contributed by atoms with van der Waals surface area (Å²) in [6, 6.07) is 2.55. The van der Waals surface area contributed by atoms with Gasteiger partial charge in [0.1, 0.15) is 17.2 Å². The summed E-state index contributed by atoms with van der Waals surface area (Å²) in [6.07, 6.45) is -2.60. The number of ether oxygens (including phenoxy) is 1. The van der Waals surface area contributed by atoms with Crippen molar-refractivity contribution < 1.29 is 27.1 Å². The lowest BCUT2D eigenvalue weighted by Crippen LogP contribution is -2.33. The van der Waals surface area contributed by atoms with E-state index < -0.39 is 17.8 Å². The van der Waals surface area contributed by atoms with Gasteiger partial charge in [0.05, 0.1) is 6.04 Å². The van der Waals surface area contributed by atoms with Crippen molar-refractivity contribution >= 4 is 17.2 Å². The summed E-state index contributed by atoms with van der Waals surface area (Å²) < 4.78 is 51.2. The van der Waals surface area contributed by atoms with Gasteiger partial charge in [-0.15, -0.1) is 0 Å². The molecule has 26 heavy (non-hydrogen) atoms. The molecule has 140 valence electrons. The number of halogens is 3. The van der Waals surface area contributed by atoms with Gasteiger partial charge >= 0.3 is 12.3 Å². The van der Waals surface area contributed by atoms with E-state index in [1.807, 2.05) is 0 Å². The van der Waals surface area contributed by atoms with Gasteiger partial charge in [0.15, 0.2) is 11.5 Å². The van der Waals surface area contributed by atoms with Crippen molar-refractivity contribution in [3.63, 3.8) is 0 Å². The lowest BCUT2D eigenvalue weighted by atomic mass is 10.1. The van der Waals surface area contributed by atoms with E-state index in [1.54, 1.807) is 19.9 Å². The Bertz CT molecular complexity index is 859. The normalized spacial score (nSPS) is 23.2. The first-order chi connectivity index (χ1) is 12.2. The second-order valence-corrected chi connectivity index (χ2v) is 7.24. The highest BCUT2D eigenvalue weighted by atomic mass is 19.4. The third kappa shape index (κ3) is 2.81. The number of alkyl halides is 3. The zero-order valence-electron chi connectivity index (χ0n) is 14.5. The Balaban J connectivity index is 1.74. The fourth-order valence-corrected chi connectivity index (χ4v) is 3.77. The monoisotopic (exact) mass is 368 g/mol. The minimum Gasteiger partial charge on any atom is -0.444 e. The van der Waals surface area contributed by atoms with Crippen molar-refractivity contribution in [3.05, 3.63) is 29.2 Å². The standard InChI is InChI=1S/C18H19F3N2O3/c1-9(2)16-22-12-7-10(6-11(15(12)26-16)18(19,20)21)8-23-13-4-3-5-14(13)25-17(23)24/h6-7,9,13-14H,3-5,8H2,1-2H3/t13-,14+/m1/s1. The van der Waals surface area contributed by atoms with Crippen molar-refractivity contribution in [2.24, 2.45) is 0 Å². The average Bonchev–Trinajstić information content (AvgIpc) is 3.22. The third-order valence-corrected chi connectivity index (χ3v) is 5.02. The average molecular weight is 368 g/mol. The van der Waals surface area contributed by atoms with E-state index >= 15 is 0 Å². The van der Waals surface area contributed by atoms with Crippen molar-refractivity contribution in [2.75, 3.05) is 0 Å². The van der Waals surface area contributed by atoms with Gasteiger partial charge in [-0.1, -0.05) is 13.8 Å². The Labute approximate surface area is 148 Å². The van der Waals surface area contributed by atoms with E-state index in [0.29, 0.717) is 5.56 Å². The Kier molecular flexibility index (Phi) is 3.89. The summed E-state index contributed by atoms with van der Waals surface area (Å²) in [4.78, 5) is 17.8. The van der Waals surface area contributed by atoms with Gasteiger partial charge < -0.3 is 9.15 Å². The lowest BCUT2D eigenvalue weighted by Gasteiger charge is -2.20. The van der Waals surface area contributed by atoms with Gasteiger partial charge in [-0.25, -0.2) is 9.78 Å². The van der Waals surface area contributed by atoms with Crippen LogP contribution in [0.5, 0.6) is 0 Å². The maximum absolute atomic E-state index is 13.5. The van der Waals surface area contributed by atoms with Crippen LogP contribution in [-0.4, -0.2) is 28.1 Å². The molecule has 1 aromatic carbocycles. The molecule has 1 aliphatic heterocycles. The molecule has 1 amide bonds. The van der Waals surface area contributed by atoms with E-state index in [9.17, 15) is 18.0 Å². The van der Waals surface area contributed by atoms with Gasteiger partial charge in [0.25, 0.3) is 0 Å². The first kappa shape index (κ1) is 17.2. The van der Waals surface area contributed by atoms with Crippen LogP contribution >= 0.6 is 0 Å². The molecule has 1 aliphatic carbocycles. The molecule has 1 saturated carbocycles. The highest BCUT2D eigenvalue weighted by Gasteiger charge is 2.44. The number of carbonyl (C=O) groups excluding carboxylic acids is 1. The van der Waals surface area contributed by atoms with Crippen molar-refractivity contribution in [2.45, 2.75) is 63.9 Å². The highest BCUT2D eigenvalue weighted by molar-refractivity contribution is 5.78. The maximum Gasteiger partial charge on any atom is 0.420 e. The Morgan fingerprint density at radius 3 is 2.77 bits per heavy atom. The molecule has 2 aliphatic rings. The number of carbonyl (C=O) groups is 1. The number of hydrogen-bond acceptors (Lipinski definition) is 4. The van der Waals surface area contributed by atoms with Crippen LogP contribution in [0.15, 0.2) is 16.5 Å². The van der Waals surface area contributed by atoms with Crippen LogP contribution in [0.25, 0.3) is 11.1 Å². The molecule has 0 bridgehead atoms. The van der Waals surface area contributed by atoms with Crippen LogP contribution in [0.3, 0.4) is 0 Å². The zero-order chi connectivity index (χ0) is 18.6. The molecule has 0 spiro atoms. The molecule has 2 aromatic rings. The van der Waals surface area contributed by atoms with Gasteiger partial charge in [-0.3, -0.25) is 4.90 Å². The number of benzene rings is 1. The topological polar surface area (TPSA) is 55.6 Å². The predicted octanol–water partition coefficient (Wildman–Crippen LogP) is 4.84. The van der Waals surface area contributed by atoms with Crippen molar-refractivity contribution in [1.29, 1.82) is 0 Å². The van der Waals surface area contributed by atoms with Crippen LogP contribution in [0, 0.1) is 0 Å². The Morgan fingerprint density at radius 2 is 2.08 bits per heavy atom. The molecule has 0 N–H and O–H groups in total. The number of rotatable bonds is 3. The van der Waals surface area contributed by atoms with E-state index in [1.165, 1.54) is 4.90 Å². The van der Waals surface area contributed by atoms with Crippen LogP contribution in [-0.2, 0) is 17.5 Å². The number of fused-ring (bicyclic) bond motifs is 2. The quantitative estimate of drug-likeness (QED) is 0.778. The van der Waals surface area contributed by atoms with Crippen molar-refractivity contribution in [3.8, 4) is 0 Å². The van der Waals surface area contributed by atoms with Crippen LogP contribution < -0.4 is 0 Å². The van der Waals surface area contributed by atoms with Gasteiger partial charge in [-0.2, -0.15) is 13.2 Å². The highest BCUT2D eigenvalue weighted by Crippen LogP contribution is 2.39. The third-order valence-electron chi connectivity index (χ3n) is 5.02. The molecular weight excluding hydrogens is 349 g/mol. The summed E-state index contributed by atoms with van der Waals surface area (Å²) >= 11 is 0. The Morgan fingerprint density at radius 1 is 1.31 bits per heavy atom. The van der Waals surface area contributed by atoms with Crippen LogP contribution in [0.1, 0.15) is 56.0 Å². The predicted molar refractivity (Wildman–Crippen MR) is 86.6 cm³/mol. The molecular formula is C18H19F3N2O3. The van der Waals surface area contributed by atoms with E-state index in [0.717, 1.165) is 25.3 Å². The molecule has 1 saturated heterocycles. The summed E-state index contributed by atoms with van der Waals surface area (Å²) in [5, 5.41) is 0. The van der Waals surface area contributed by atoms with Gasteiger partial charge in [0.2, 0.25) is 0 Å². The van der Waals surface area contributed by atoms with Crippen molar-refractivity contribution in [1.82, 2.24) is 9.88 Å². The van der Waals surface area contributed by atoms with Crippen LogP contribution in [0.2, 0.25) is 0 Å². The van der Waals surface area contributed by atoms with Gasteiger partial charge in [0, 0.05) is 12.5 Å². The van der Waals surface area contributed by atoms with E-state index in [2.05, 4.69) is 4.98 Å². The number of nitrogens with zero attached hydrogens (tertiary/aromatic N) is 2. The first-order valence-electron chi connectivity index (χ1n) is 8.72. The molecule has 2 fully saturated rings. The molecule has 2 atom stereocenters. The van der Waals surface area contributed by atoms with E-state index in [4.69, 9.17) is 9.15 Å². The fourth-order valence-electron chi connectivity index (χ4n) is 3.77. The molecule has 0 radical (unpaired) electrons. The fraction of sp³-hybridized carbons (Fsp3) is 0.556. The van der Waals surface area contributed by atoms with Crippen LogP contribution in [0.4, 0.5) is 18.0 Å². The molecule has 4 rings (SSSR count). The number of aromatic nitrogens is 1. The number of amides is 1. The molecule has 5 nitrogen and oxygen atoms in total. The first-order valence-corrected chi connectivity index (χ1v) is 8.72. The van der Waals surface area contributed by atoms with Gasteiger partial charge in [-0.05, 0) is 37.0 Å². The summed E-state index contributed by atoms with van der Waals surface area (Å²) in [6.45, 7) is 3.68. The minimum absolute atomic E-state index is 0.0592. The lowest BCUT2D eigenvalue weighted by molar-refractivity contribution is -0.136. The minimum atomic E-state index is -4.57. The summed E-state index contributed by atoms with van der Waals surface area (Å²) in [5.74, 6) is 0.138. The Hall–Kier alpha value is -2.25. The molecule has 2 heterocycles. The number of hydrogen-bond donors (Lipinski definition) is 0. The van der Waals surface area contributed by atoms with E-state index in [-0.39, 0.29) is 41.6 Å². The molecule has 8 heteroatoms. The smallest absolute Gasteiger partial charge is 0.420 e. The second-order valence-electron chi connectivity index (χ2n) is 7.24. The maximum atomic E-state index is 13.5. The summed E-state index contributed by atoms with van der Waals surface area (Å²) in [5.41, 5.74) is -0.584. The molecule has 0 unspecified atom stereocenters. The molecule has 1 aromatic heterocycles. The summed E-state index contributed by atoms with van der Waals surface area (Å²) in [7, 11) is 0. The largest absolute Gasteiger partial charge is 0.444 e. The second kappa shape index (κ2) is 5.89. The number of oxazole rings is 1. The zero-order valence-corrected chi connectivity index (χ0v) is 14.5. The SMILES string of the molecule is CC(C)c1nc2cc(CN3C(=O)O[C@H]4CCC[C@H]43)cc(C(F)(F)F)c2o1.